The SMILES string of the molecule is COc1ccc(Oc2ccnc(-c3cccc(C(=O)NC4CCCCCC4)c3)n2)cc1. The quantitative estimate of drug-likeness (QED) is 0.544. The molecule has 0 atom stereocenters. The second-order valence-electron chi connectivity index (χ2n) is 7.74. The molecule has 6 heteroatoms. The Bertz CT molecular complexity index is 1010. The van der Waals surface area contributed by atoms with Gasteiger partial charge in [-0.3, -0.25) is 4.79 Å². The van der Waals surface area contributed by atoms with Crippen molar-refractivity contribution in [2.24, 2.45) is 0 Å². The van der Waals surface area contributed by atoms with Crippen LogP contribution >= 0.6 is 0 Å². The lowest BCUT2D eigenvalue weighted by Gasteiger charge is -2.16. The minimum atomic E-state index is -0.0422. The molecule has 0 unspecified atom stereocenters. The molecule has 6 nitrogen and oxygen atoms in total. The van der Waals surface area contributed by atoms with E-state index >= 15 is 0 Å². The van der Waals surface area contributed by atoms with E-state index in [4.69, 9.17) is 9.47 Å². The molecule has 0 radical (unpaired) electrons. The van der Waals surface area contributed by atoms with E-state index in [0.717, 1.165) is 24.2 Å². The highest BCUT2D eigenvalue weighted by atomic mass is 16.5. The number of benzene rings is 2. The molecule has 0 aliphatic heterocycles. The number of nitrogens with zero attached hydrogens (tertiary/aromatic N) is 2. The van der Waals surface area contributed by atoms with E-state index in [-0.39, 0.29) is 11.9 Å². The molecule has 2 aromatic carbocycles. The summed E-state index contributed by atoms with van der Waals surface area (Å²) in [5.41, 5.74) is 1.39. The first-order chi connectivity index (χ1) is 15.2. The summed E-state index contributed by atoms with van der Waals surface area (Å²) in [6.07, 6.45) is 8.64. The third-order valence-corrected chi connectivity index (χ3v) is 5.49. The summed E-state index contributed by atoms with van der Waals surface area (Å²) < 4.78 is 11.0. The molecule has 1 saturated carbocycles. The Morgan fingerprint density at radius 1 is 0.968 bits per heavy atom. The number of carbonyl (C=O) groups is 1. The highest BCUT2D eigenvalue weighted by Gasteiger charge is 2.16. The number of carbonyl (C=O) groups excluding carboxylic acids is 1. The van der Waals surface area contributed by atoms with Crippen LogP contribution in [0.1, 0.15) is 48.9 Å². The van der Waals surface area contributed by atoms with Crippen LogP contribution < -0.4 is 14.8 Å². The predicted molar refractivity (Wildman–Crippen MR) is 119 cm³/mol. The van der Waals surface area contributed by atoms with Crippen molar-refractivity contribution in [1.29, 1.82) is 0 Å². The third kappa shape index (κ3) is 5.60. The van der Waals surface area contributed by atoms with Crippen molar-refractivity contribution in [3.05, 3.63) is 66.4 Å². The van der Waals surface area contributed by atoms with E-state index in [2.05, 4.69) is 15.3 Å². The lowest BCUT2D eigenvalue weighted by Crippen LogP contribution is -2.34. The lowest BCUT2D eigenvalue weighted by atomic mass is 10.1. The van der Waals surface area contributed by atoms with Gasteiger partial charge in [-0.1, -0.05) is 37.8 Å². The normalized spacial score (nSPS) is 14.5. The number of hydrogen-bond donors (Lipinski definition) is 1. The smallest absolute Gasteiger partial charge is 0.251 e. The van der Waals surface area contributed by atoms with Gasteiger partial charge in [0.1, 0.15) is 11.5 Å². The molecule has 1 heterocycles. The fourth-order valence-electron chi connectivity index (χ4n) is 3.79. The molecular weight excluding hydrogens is 390 g/mol. The van der Waals surface area contributed by atoms with Crippen molar-refractivity contribution in [1.82, 2.24) is 15.3 Å². The molecule has 31 heavy (non-hydrogen) atoms. The van der Waals surface area contributed by atoms with Crippen LogP contribution in [0.2, 0.25) is 0 Å². The van der Waals surface area contributed by atoms with E-state index in [1.807, 2.05) is 48.5 Å². The third-order valence-electron chi connectivity index (χ3n) is 5.49. The fourth-order valence-corrected chi connectivity index (χ4v) is 3.79. The molecule has 1 aromatic heterocycles. The lowest BCUT2D eigenvalue weighted by molar-refractivity contribution is 0.0933. The Labute approximate surface area is 182 Å². The van der Waals surface area contributed by atoms with Crippen molar-refractivity contribution < 1.29 is 14.3 Å². The molecule has 160 valence electrons. The van der Waals surface area contributed by atoms with Gasteiger partial charge >= 0.3 is 0 Å². The molecule has 0 bridgehead atoms. The molecule has 1 N–H and O–H groups in total. The summed E-state index contributed by atoms with van der Waals surface area (Å²) in [5.74, 6) is 2.31. The van der Waals surface area contributed by atoms with Gasteiger partial charge in [-0.2, -0.15) is 4.98 Å². The van der Waals surface area contributed by atoms with Gasteiger partial charge < -0.3 is 14.8 Å². The van der Waals surface area contributed by atoms with Crippen molar-refractivity contribution in [3.63, 3.8) is 0 Å². The highest BCUT2D eigenvalue weighted by Crippen LogP contribution is 2.25. The zero-order valence-corrected chi connectivity index (χ0v) is 17.7. The van der Waals surface area contributed by atoms with Crippen molar-refractivity contribution in [3.8, 4) is 28.8 Å². The number of nitrogens with one attached hydrogen (secondary N) is 1. The zero-order chi connectivity index (χ0) is 21.5. The van der Waals surface area contributed by atoms with E-state index in [0.29, 0.717) is 23.0 Å². The molecule has 3 aromatic rings. The van der Waals surface area contributed by atoms with E-state index < -0.39 is 0 Å². The summed E-state index contributed by atoms with van der Waals surface area (Å²) in [7, 11) is 1.62. The van der Waals surface area contributed by atoms with Crippen LogP contribution in [0.25, 0.3) is 11.4 Å². The summed E-state index contributed by atoms with van der Waals surface area (Å²) in [6, 6.07) is 16.7. The summed E-state index contributed by atoms with van der Waals surface area (Å²) in [6.45, 7) is 0. The minimum absolute atomic E-state index is 0.0422. The van der Waals surface area contributed by atoms with Gasteiger partial charge in [0, 0.05) is 29.4 Å². The largest absolute Gasteiger partial charge is 0.497 e. The molecule has 0 spiro atoms. The van der Waals surface area contributed by atoms with Crippen LogP contribution in [0.15, 0.2) is 60.8 Å². The number of amides is 1. The Morgan fingerprint density at radius 3 is 2.45 bits per heavy atom. The number of aromatic nitrogens is 2. The summed E-state index contributed by atoms with van der Waals surface area (Å²) >= 11 is 0. The van der Waals surface area contributed by atoms with Gasteiger partial charge in [0.15, 0.2) is 5.82 Å². The van der Waals surface area contributed by atoms with Crippen LogP contribution in [0.4, 0.5) is 0 Å². The Balaban J connectivity index is 1.47. The number of hydrogen-bond acceptors (Lipinski definition) is 5. The van der Waals surface area contributed by atoms with Gasteiger partial charge in [0.05, 0.1) is 7.11 Å². The standard InChI is InChI=1S/C25H27N3O3/c1-30-21-11-13-22(14-12-21)31-23-15-16-26-24(28-23)18-7-6-8-19(17-18)25(29)27-20-9-4-2-3-5-10-20/h6-8,11-17,20H,2-5,9-10H2,1H3,(H,27,29). The van der Waals surface area contributed by atoms with Crippen LogP contribution in [0.3, 0.4) is 0 Å². The predicted octanol–water partition coefficient (Wildman–Crippen LogP) is 5.40. The van der Waals surface area contributed by atoms with E-state index in [1.165, 1.54) is 25.7 Å². The van der Waals surface area contributed by atoms with Gasteiger partial charge in [0.2, 0.25) is 5.88 Å². The fraction of sp³-hybridized carbons (Fsp3) is 0.320. The molecule has 1 aliphatic rings. The second-order valence-corrected chi connectivity index (χ2v) is 7.74. The molecule has 0 saturated heterocycles. The monoisotopic (exact) mass is 417 g/mol. The van der Waals surface area contributed by atoms with Crippen LogP contribution in [0, 0.1) is 0 Å². The highest BCUT2D eigenvalue weighted by molar-refractivity contribution is 5.95. The van der Waals surface area contributed by atoms with Crippen LogP contribution in [0.5, 0.6) is 17.4 Å². The molecule has 1 aliphatic carbocycles. The Hall–Kier alpha value is -3.41. The Morgan fingerprint density at radius 2 is 1.71 bits per heavy atom. The maximum atomic E-state index is 12.8. The first-order valence-corrected chi connectivity index (χ1v) is 10.8. The minimum Gasteiger partial charge on any atom is -0.497 e. The summed E-state index contributed by atoms with van der Waals surface area (Å²) in [5, 5.41) is 3.19. The van der Waals surface area contributed by atoms with Crippen molar-refractivity contribution >= 4 is 5.91 Å². The summed E-state index contributed by atoms with van der Waals surface area (Å²) in [4.78, 5) is 21.7. The number of ether oxygens (including phenoxy) is 2. The average Bonchev–Trinajstić information content (AvgIpc) is 3.08. The van der Waals surface area contributed by atoms with E-state index in [9.17, 15) is 4.79 Å². The van der Waals surface area contributed by atoms with E-state index in [1.54, 1.807) is 19.4 Å². The zero-order valence-electron chi connectivity index (χ0n) is 17.7. The van der Waals surface area contributed by atoms with Gasteiger partial charge in [-0.05, 0) is 49.2 Å². The maximum Gasteiger partial charge on any atom is 0.251 e. The topological polar surface area (TPSA) is 73.3 Å². The maximum absolute atomic E-state index is 12.8. The first-order valence-electron chi connectivity index (χ1n) is 10.8. The molecule has 1 fully saturated rings. The van der Waals surface area contributed by atoms with Gasteiger partial charge in [-0.25, -0.2) is 4.98 Å². The first kappa shape index (κ1) is 20.8. The van der Waals surface area contributed by atoms with Crippen molar-refractivity contribution in [2.75, 3.05) is 7.11 Å². The molecular formula is C25H27N3O3. The molecule has 4 rings (SSSR count). The van der Waals surface area contributed by atoms with Crippen LogP contribution in [-0.2, 0) is 0 Å². The van der Waals surface area contributed by atoms with Gasteiger partial charge in [-0.15, -0.1) is 0 Å². The average molecular weight is 418 g/mol. The van der Waals surface area contributed by atoms with Crippen LogP contribution in [-0.4, -0.2) is 29.0 Å². The van der Waals surface area contributed by atoms with Gasteiger partial charge in [0.25, 0.3) is 5.91 Å². The Kier molecular flexibility index (Phi) is 6.77. The molecule has 1 amide bonds. The number of methoxy groups -OCH3 is 1. The number of rotatable bonds is 6. The van der Waals surface area contributed by atoms with Crippen molar-refractivity contribution in [2.45, 2.75) is 44.6 Å². The second kappa shape index (κ2) is 10.1.